The fourth-order valence-electron chi connectivity index (χ4n) is 3.02. The van der Waals surface area contributed by atoms with Crippen LogP contribution in [0.5, 0.6) is 0 Å². The van der Waals surface area contributed by atoms with Crippen molar-refractivity contribution in [3.05, 3.63) is 65.7 Å². The second-order valence-electron chi connectivity index (χ2n) is 7.07. The van der Waals surface area contributed by atoms with E-state index in [1.807, 2.05) is 54.6 Å². The summed E-state index contributed by atoms with van der Waals surface area (Å²) in [5.41, 5.74) is 2.98. The molecule has 0 bridgehead atoms. The van der Waals surface area contributed by atoms with Crippen LogP contribution in [0.1, 0.15) is 43.7 Å². The fraction of sp³-hybridized carbons (Fsp3) is 0.409. The summed E-state index contributed by atoms with van der Waals surface area (Å²) in [4.78, 5) is 12.2. The first-order valence-corrected chi connectivity index (χ1v) is 11.5. The van der Waals surface area contributed by atoms with Crippen LogP contribution in [0.15, 0.2) is 54.6 Å². The van der Waals surface area contributed by atoms with E-state index in [2.05, 4.69) is 19.2 Å². The largest absolute Gasteiger partial charge is 0.356 e. The minimum atomic E-state index is -3.40. The van der Waals surface area contributed by atoms with Crippen LogP contribution in [0.2, 0.25) is 0 Å². The van der Waals surface area contributed by atoms with Gasteiger partial charge >= 0.3 is 0 Å². The van der Waals surface area contributed by atoms with Gasteiger partial charge in [-0.25, -0.2) is 8.42 Å². The zero-order chi connectivity index (χ0) is 20.6. The van der Waals surface area contributed by atoms with Crippen molar-refractivity contribution in [3.8, 4) is 0 Å². The molecule has 0 fully saturated rings. The van der Waals surface area contributed by atoms with Crippen LogP contribution in [0.4, 0.5) is 5.69 Å². The van der Waals surface area contributed by atoms with Gasteiger partial charge in [0.05, 0.1) is 11.9 Å². The van der Waals surface area contributed by atoms with E-state index in [1.54, 1.807) is 0 Å². The molecule has 5 nitrogen and oxygen atoms in total. The van der Waals surface area contributed by atoms with Crippen molar-refractivity contribution < 1.29 is 13.2 Å². The van der Waals surface area contributed by atoms with Crippen LogP contribution in [0, 0.1) is 0 Å². The minimum Gasteiger partial charge on any atom is -0.356 e. The third kappa shape index (κ3) is 6.68. The maximum atomic E-state index is 12.2. The molecule has 2 aromatic rings. The highest BCUT2D eigenvalue weighted by Gasteiger charge is 2.17. The fourth-order valence-corrected chi connectivity index (χ4v) is 3.99. The summed E-state index contributed by atoms with van der Waals surface area (Å²) in [6.45, 7) is 4.98. The van der Waals surface area contributed by atoms with Crippen molar-refractivity contribution in [2.75, 3.05) is 23.7 Å². The van der Waals surface area contributed by atoms with Crippen LogP contribution in [-0.4, -0.2) is 33.7 Å². The molecule has 2 rings (SSSR count). The molecule has 0 radical (unpaired) electrons. The second-order valence-corrected chi connectivity index (χ2v) is 8.98. The summed E-state index contributed by atoms with van der Waals surface area (Å²) < 4.78 is 25.7. The van der Waals surface area contributed by atoms with Gasteiger partial charge in [0.25, 0.3) is 0 Å². The predicted octanol–water partition coefficient (Wildman–Crippen LogP) is 3.72. The molecule has 0 saturated carbocycles. The smallest absolute Gasteiger partial charge is 0.232 e. The molecule has 28 heavy (non-hydrogen) atoms. The molecule has 0 aliphatic rings. The first kappa shape index (κ1) is 22.0. The third-order valence-corrected chi connectivity index (χ3v) is 5.97. The summed E-state index contributed by atoms with van der Waals surface area (Å²) in [5, 5.41) is 2.94. The zero-order valence-electron chi connectivity index (χ0n) is 16.9. The van der Waals surface area contributed by atoms with E-state index in [1.165, 1.54) is 16.1 Å². The first-order chi connectivity index (χ1) is 13.3. The number of hydrogen-bond acceptors (Lipinski definition) is 3. The van der Waals surface area contributed by atoms with E-state index in [4.69, 9.17) is 0 Å². The monoisotopic (exact) mass is 402 g/mol. The number of rotatable bonds is 10. The van der Waals surface area contributed by atoms with E-state index in [-0.39, 0.29) is 18.4 Å². The Morgan fingerprint density at radius 3 is 2.29 bits per heavy atom. The lowest BCUT2D eigenvalue weighted by atomic mass is 10.0. The molecule has 0 heterocycles. The van der Waals surface area contributed by atoms with E-state index < -0.39 is 10.0 Å². The van der Waals surface area contributed by atoms with Crippen molar-refractivity contribution in [1.82, 2.24) is 5.32 Å². The number of nitrogens with zero attached hydrogens (tertiary/aromatic N) is 1. The van der Waals surface area contributed by atoms with Crippen LogP contribution in [0.25, 0.3) is 0 Å². The van der Waals surface area contributed by atoms with Gasteiger partial charge < -0.3 is 5.32 Å². The van der Waals surface area contributed by atoms with E-state index in [0.29, 0.717) is 25.1 Å². The molecule has 1 N–H and O–H groups in total. The lowest BCUT2D eigenvalue weighted by Crippen LogP contribution is -2.32. The van der Waals surface area contributed by atoms with Gasteiger partial charge in [-0.3, -0.25) is 9.10 Å². The molecule has 0 aliphatic heterocycles. The Hall–Kier alpha value is -2.34. The van der Waals surface area contributed by atoms with Gasteiger partial charge in [-0.05, 0) is 42.0 Å². The lowest BCUT2D eigenvalue weighted by molar-refractivity contribution is -0.121. The van der Waals surface area contributed by atoms with Crippen molar-refractivity contribution >= 4 is 21.6 Å². The van der Waals surface area contributed by atoms with E-state index >= 15 is 0 Å². The normalized spacial score (nSPS) is 12.4. The summed E-state index contributed by atoms with van der Waals surface area (Å²) in [6.07, 6.45) is 2.86. The first-order valence-electron chi connectivity index (χ1n) is 9.69. The van der Waals surface area contributed by atoms with Crippen molar-refractivity contribution in [2.45, 2.75) is 39.0 Å². The summed E-state index contributed by atoms with van der Waals surface area (Å²) in [7, 11) is -3.40. The summed E-state index contributed by atoms with van der Waals surface area (Å²) in [5.74, 6) is 0.173. The highest BCUT2D eigenvalue weighted by molar-refractivity contribution is 7.92. The quantitative estimate of drug-likeness (QED) is 0.659. The van der Waals surface area contributed by atoms with Gasteiger partial charge in [-0.2, -0.15) is 0 Å². The summed E-state index contributed by atoms with van der Waals surface area (Å²) >= 11 is 0. The molecule has 1 unspecified atom stereocenters. The average molecular weight is 403 g/mol. The molecule has 0 saturated heterocycles. The van der Waals surface area contributed by atoms with Crippen LogP contribution >= 0.6 is 0 Å². The van der Waals surface area contributed by atoms with Gasteiger partial charge in [0.1, 0.15) is 0 Å². The van der Waals surface area contributed by atoms with Crippen LogP contribution < -0.4 is 9.62 Å². The van der Waals surface area contributed by atoms with Crippen LogP contribution in [0.3, 0.4) is 0 Å². The molecule has 0 spiro atoms. The molecular weight excluding hydrogens is 372 g/mol. The number of hydrogen-bond donors (Lipinski definition) is 1. The molecular formula is C22H30N2O3S. The number of sulfonamides is 1. The average Bonchev–Trinajstić information content (AvgIpc) is 2.69. The Kier molecular flexibility index (Phi) is 8.05. The predicted molar refractivity (Wildman–Crippen MR) is 115 cm³/mol. The van der Waals surface area contributed by atoms with Gasteiger partial charge in [0.15, 0.2) is 0 Å². The Morgan fingerprint density at radius 1 is 1.07 bits per heavy atom. The van der Waals surface area contributed by atoms with Crippen molar-refractivity contribution in [2.24, 2.45) is 0 Å². The molecule has 1 amide bonds. The molecule has 1 atom stereocenters. The minimum absolute atomic E-state index is 0.0578. The number of carbonyl (C=O) groups is 1. The number of nitrogens with one attached hydrogen (secondary N) is 1. The van der Waals surface area contributed by atoms with Gasteiger partial charge in [-0.15, -0.1) is 0 Å². The Bertz CT molecular complexity index is 849. The Morgan fingerprint density at radius 2 is 1.71 bits per heavy atom. The van der Waals surface area contributed by atoms with Gasteiger partial charge in [-0.1, -0.05) is 56.3 Å². The van der Waals surface area contributed by atoms with Crippen LogP contribution in [-0.2, 0) is 21.2 Å². The molecule has 0 aliphatic carbocycles. The maximum absolute atomic E-state index is 12.2. The maximum Gasteiger partial charge on any atom is 0.232 e. The highest BCUT2D eigenvalue weighted by Crippen LogP contribution is 2.19. The zero-order valence-corrected chi connectivity index (χ0v) is 17.7. The molecule has 2 aromatic carbocycles. The lowest BCUT2D eigenvalue weighted by Gasteiger charge is -2.22. The van der Waals surface area contributed by atoms with E-state index in [0.717, 1.165) is 12.0 Å². The Balaban J connectivity index is 1.85. The molecule has 152 valence electrons. The standard InChI is InChI=1S/C22H30N2O3S/c1-4-19-12-14-21(15-13-19)24(28(3,26)27)16-8-11-22(25)23-17-18(2)20-9-6-5-7-10-20/h5-7,9-10,12-15,18H,4,8,11,16-17H2,1-3H3,(H,23,25). The van der Waals surface area contributed by atoms with Gasteiger partial charge in [0.2, 0.25) is 15.9 Å². The number of benzene rings is 2. The van der Waals surface area contributed by atoms with Gasteiger partial charge in [0, 0.05) is 19.5 Å². The molecule has 6 heteroatoms. The second kappa shape index (κ2) is 10.3. The Labute approximate surface area is 168 Å². The van der Waals surface area contributed by atoms with Crippen molar-refractivity contribution in [1.29, 1.82) is 0 Å². The molecule has 0 aromatic heterocycles. The van der Waals surface area contributed by atoms with Crippen molar-refractivity contribution in [3.63, 3.8) is 0 Å². The SMILES string of the molecule is CCc1ccc(N(CCCC(=O)NCC(C)c2ccccc2)S(C)(=O)=O)cc1. The van der Waals surface area contributed by atoms with E-state index in [9.17, 15) is 13.2 Å². The number of aryl methyl sites for hydroxylation is 1. The topological polar surface area (TPSA) is 66.5 Å². The number of carbonyl (C=O) groups excluding carboxylic acids is 1. The number of amides is 1. The summed E-state index contributed by atoms with van der Waals surface area (Å²) in [6, 6.07) is 17.5. The third-order valence-electron chi connectivity index (χ3n) is 4.77. The highest BCUT2D eigenvalue weighted by atomic mass is 32.2. The number of anilines is 1.